The molecule has 1 heterocycles. The van der Waals surface area contributed by atoms with Crippen LogP contribution in [0.25, 0.3) is 0 Å². The highest BCUT2D eigenvalue weighted by Gasteiger charge is 2.30. The van der Waals surface area contributed by atoms with Crippen LogP contribution in [-0.2, 0) is 4.79 Å². The van der Waals surface area contributed by atoms with Crippen LogP contribution in [0.4, 0.5) is 11.4 Å². The number of nitrogens with zero attached hydrogens (tertiary/aromatic N) is 3. The zero-order valence-electron chi connectivity index (χ0n) is 12.5. The van der Waals surface area contributed by atoms with Crippen molar-refractivity contribution in [3.63, 3.8) is 0 Å². The van der Waals surface area contributed by atoms with E-state index in [-0.39, 0.29) is 22.6 Å². The number of nitro benzene ring substituents is 1. The van der Waals surface area contributed by atoms with Crippen LogP contribution in [0.5, 0.6) is 0 Å². The molecule has 2 rings (SSSR count). The first kappa shape index (κ1) is 15.2. The molecule has 1 saturated heterocycles. The fourth-order valence-corrected chi connectivity index (χ4v) is 2.51. The molecular weight excluding hydrogens is 272 g/mol. The Labute approximate surface area is 123 Å². The van der Waals surface area contributed by atoms with Crippen LogP contribution >= 0.6 is 0 Å². The molecule has 1 aliphatic heterocycles. The Bertz CT molecular complexity index is 559. The molecule has 1 N–H and O–H groups in total. The van der Waals surface area contributed by atoms with Crippen molar-refractivity contribution in [3.05, 3.63) is 33.9 Å². The van der Waals surface area contributed by atoms with Crippen LogP contribution in [0.2, 0.25) is 0 Å². The summed E-state index contributed by atoms with van der Waals surface area (Å²) in [6.45, 7) is 3.64. The Morgan fingerprint density at radius 3 is 2.81 bits per heavy atom. The van der Waals surface area contributed by atoms with Gasteiger partial charge in [0.15, 0.2) is 0 Å². The number of rotatable bonds is 3. The number of amides is 1. The van der Waals surface area contributed by atoms with E-state index in [0.29, 0.717) is 24.3 Å². The van der Waals surface area contributed by atoms with E-state index >= 15 is 0 Å². The SMILES string of the molecule is Cc1ccc(N2CCNCC2C(=O)N(C)C)cc1[N+](=O)[O-]. The Morgan fingerprint density at radius 2 is 2.19 bits per heavy atom. The van der Waals surface area contributed by atoms with Gasteiger partial charge in [0, 0.05) is 51.0 Å². The second kappa shape index (κ2) is 6.09. The van der Waals surface area contributed by atoms with Crippen molar-refractivity contribution in [2.75, 3.05) is 38.6 Å². The summed E-state index contributed by atoms with van der Waals surface area (Å²) in [6, 6.07) is 4.78. The monoisotopic (exact) mass is 292 g/mol. The zero-order chi connectivity index (χ0) is 15.6. The number of carbonyl (C=O) groups excluding carboxylic acids is 1. The highest BCUT2D eigenvalue weighted by Crippen LogP contribution is 2.27. The fourth-order valence-electron chi connectivity index (χ4n) is 2.51. The summed E-state index contributed by atoms with van der Waals surface area (Å²) < 4.78 is 0. The number of hydrogen-bond acceptors (Lipinski definition) is 5. The van der Waals surface area contributed by atoms with Gasteiger partial charge in [-0.25, -0.2) is 0 Å². The highest BCUT2D eigenvalue weighted by molar-refractivity contribution is 5.85. The third kappa shape index (κ3) is 3.13. The van der Waals surface area contributed by atoms with Crippen LogP contribution in [0.3, 0.4) is 0 Å². The van der Waals surface area contributed by atoms with Crippen molar-refractivity contribution in [3.8, 4) is 0 Å². The minimum absolute atomic E-state index is 0.00886. The van der Waals surface area contributed by atoms with Gasteiger partial charge in [0.25, 0.3) is 5.69 Å². The lowest BCUT2D eigenvalue weighted by Crippen LogP contribution is -2.57. The summed E-state index contributed by atoms with van der Waals surface area (Å²) in [5.74, 6) is -0.00886. The lowest BCUT2D eigenvalue weighted by Gasteiger charge is -2.38. The first-order valence-corrected chi connectivity index (χ1v) is 6.85. The van der Waals surface area contributed by atoms with Gasteiger partial charge >= 0.3 is 0 Å². The average molecular weight is 292 g/mol. The smallest absolute Gasteiger partial charge is 0.274 e. The Hall–Kier alpha value is -2.15. The lowest BCUT2D eigenvalue weighted by molar-refractivity contribution is -0.385. The molecule has 7 nitrogen and oxygen atoms in total. The molecule has 0 bridgehead atoms. The number of carbonyl (C=O) groups is 1. The molecule has 0 aromatic heterocycles. The summed E-state index contributed by atoms with van der Waals surface area (Å²) >= 11 is 0. The number of anilines is 1. The molecule has 1 atom stereocenters. The average Bonchev–Trinajstić information content (AvgIpc) is 2.46. The summed E-state index contributed by atoms with van der Waals surface area (Å²) in [4.78, 5) is 26.5. The van der Waals surface area contributed by atoms with Gasteiger partial charge in [-0.1, -0.05) is 6.07 Å². The largest absolute Gasteiger partial charge is 0.357 e. The summed E-state index contributed by atoms with van der Waals surface area (Å²) in [5.41, 5.74) is 1.42. The summed E-state index contributed by atoms with van der Waals surface area (Å²) in [7, 11) is 3.43. The van der Waals surface area contributed by atoms with E-state index in [0.717, 1.165) is 6.54 Å². The fraction of sp³-hybridized carbons (Fsp3) is 0.500. The minimum Gasteiger partial charge on any atom is -0.357 e. The number of benzene rings is 1. The van der Waals surface area contributed by atoms with E-state index in [1.165, 1.54) is 0 Å². The predicted molar refractivity (Wildman–Crippen MR) is 80.5 cm³/mol. The van der Waals surface area contributed by atoms with Crippen LogP contribution in [0.1, 0.15) is 5.56 Å². The molecule has 1 amide bonds. The minimum atomic E-state index is -0.385. The molecule has 21 heavy (non-hydrogen) atoms. The summed E-state index contributed by atoms with van der Waals surface area (Å²) in [6.07, 6.45) is 0. The third-order valence-electron chi connectivity index (χ3n) is 3.69. The molecule has 0 aliphatic carbocycles. The zero-order valence-corrected chi connectivity index (χ0v) is 12.5. The van der Waals surface area contributed by atoms with E-state index in [1.807, 2.05) is 11.0 Å². The van der Waals surface area contributed by atoms with Gasteiger partial charge in [-0.05, 0) is 13.0 Å². The van der Waals surface area contributed by atoms with Crippen LogP contribution < -0.4 is 10.2 Å². The van der Waals surface area contributed by atoms with Crippen molar-refractivity contribution in [2.24, 2.45) is 0 Å². The van der Waals surface area contributed by atoms with E-state index < -0.39 is 0 Å². The van der Waals surface area contributed by atoms with Crippen molar-refractivity contribution < 1.29 is 9.72 Å². The van der Waals surface area contributed by atoms with Crippen molar-refractivity contribution in [1.29, 1.82) is 0 Å². The molecule has 1 fully saturated rings. The van der Waals surface area contributed by atoms with Crippen LogP contribution in [0.15, 0.2) is 18.2 Å². The number of aryl methyl sites for hydroxylation is 1. The second-order valence-electron chi connectivity index (χ2n) is 5.37. The molecule has 0 spiro atoms. The molecule has 0 saturated carbocycles. The molecule has 1 aliphatic rings. The van der Waals surface area contributed by atoms with E-state index in [2.05, 4.69) is 5.32 Å². The van der Waals surface area contributed by atoms with E-state index in [4.69, 9.17) is 0 Å². The Morgan fingerprint density at radius 1 is 1.48 bits per heavy atom. The molecule has 114 valence electrons. The molecular formula is C14H20N4O3. The number of nitrogens with one attached hydrogen (secondary N) is 1. The first-order valence-electron chi connectivity index (χ1n) is 6.85. The Kier molecular flexibility index (Phi) is 4.42. The quantitative estimate of drug-likeness (QED) is 0.657. The van der Waals surface area contributed by atoms with Crippen LogP contribution in [-0.4, -0.2) is 55.5 Å². The summed E-state index contributed by atoms with van der Waals surface area (Å²) in [5, 5.41) is 14.3. The van der Waals surface area contributed by atoms with Gasteiger partial charge in [0.05, 0.1) is 4.92 Å². The molecule has 0 radical (unpaired) electrons. The van der Waals surface area contributed by atoms with E-state index in [9.17, 15) is 14.9 Å². The maximum Gasteiger partial charge on any atom is 0.274 e. The maximum atomic E-state index is 12.3. The maximum absolute atomic E-state index is 12.3. The predicted octanol–water partition coefficient (Wildman–Crippen LogP) is 0.770. The standard InChI is InChI=1S/C14H20N4O3/c1-10-4-5-11(8-12(10)18(20)21)17-7-6-15-9-13(17)14(19)16(2)3/h4-5,8,13,15H,6-7,9H2,1-3H3. The second-order valence-corrected chi connectivity index (χ2v) is 5.37. The number of nitro groups is 1. The van der Waals surface area contributed by atoms with E-state index in [1.54, 1.807) is 38.1 Å². The van der Waals surface area contributed by atoms with Crippen LogP contribution in [0, 0.1) is 17.0 Å². The number of hydrogen-bond donors (Lipinski definition) is 1. The van der Waals surface area contributed by atoms with Gasteiger partial charge in [0.1, 0.15) is 6.04 Å². The van der Waals surface area contributed by atoms with Gasteiger partial charge in [-0.15, -0.1) is 0 Å². The Balaban J connectivity index is 2.35. The lowest BCUT2D eigenvalue weighted by atomic mass is 10.1. The van der Waals surface area contributed by atoms with Gasteiger partial charge in [-0.3, -0.25) is 14.9 Å². The number of likely N-dealkylation sites (N-methyl/N-ethyl adjacent to an activating group) is 1. The molecule has 1 unspecified atom stereocenters. The van der Waals surface area contributed by atoms with Gasteiger partial charge < -0.3 is 15.1 Å². The van der Waals surface area contributed by atoms with Gasteiger partial charge in [0.2, 0.25) is 5.91 Å². The van der Waals surface area contributed by atoms with Crippen molar-refractivity contribution in [1.82, 2.24) is 10.2 Å². The topological polar surface area (TPSA) is 78.7 Å². The molecule has 1 aromatic carbocycles. The first-order chi connectivity index (χ1) is 9.91. The van der Waals surface area contributed by atoms with Crippen molar-refractivity contribution in [2.45, 2.75) is 13.0 Å². The van der Waals surface area contributed by atoms with Crippen molar-refractivity contribution >= 4 is 17.3 Å². The molecule has 1 aromatic rings. The normalized spacial score (nSPS) is 18.4. The number of piperazine rings is 1. The third-order valence-corrected chi connectivity index (χ3v) is 3.69. The molecule has 7 heteroatoms. The van der Waals surface area contributed by atoms with Gasteiger partial charge in [-0.2, -0.15) is 0 Å². The highest BCUT2D eigenvalue weighted by atomic mass is 16.6.